The maximum absolute atomic E-state index is 12.4. The second-order valence-electron chi connectivity index (χ2n) is 5.50. The predicted octanol–water partition coefficient (Wildman–Crippen LogP) is 3.43. The largest absolute Gasteiger partial charge is 0.487 e. The second kappa shape index (κ2) is 5.25. The van der Waals surface area contributed by atoms with Crippen molar-refractivity contribution in [3.8, 4) is 0 Å². The van der Waals surface area contributed by atoms with E-state index in [1.807, 2.05) is 18.2 Å². The average Bonchev–Trinajstić information content (AvgIpc) is 3.07. The number of benzene rings is 2. The fourth-order valence-corrected chi connectivity index (χ4v) is 3.18. The molecule has 0 aliphatic carbocycles. The van der Waals surface area contributed by atoms with Crippen LogP contribution in [0.3, 0.4) is 0 Å². The van der Waals surface area contributed by atoms with E-state index in [1.165, 1.54) is 0 Å². The molecule has 4 nitrogen and oxygen atoms in total. The van der Waals surface area contributed by atoms with E-state index in [2.05, 4.69) is 5.32 Å². The summed E-state index contributed by atoms with van der Waals surface area (Å²) in [5.41, 5.74) is 4.80. The minimum absolute atomic E-state index is 0.193. The molecule has 2 aromatic carbocycles. The van der Waals surface area contributed by atoms with Crippen molar-refractivity contribution < 1.29 is 14.3 Å². The van der Waals surface area contributed by atoms with E-state index in [-0.39, 0.29) is 5.91 Å². The molecule has 2 aliphatic rings. The van der Waals surface area contributed by atoms with E-state index in [4.69, 9.17) is 16.3 Å². The van der Waals surface area contributed by atoms with Crippen LogP contribution in [0.4, 0.5) is 5.69 Å². The Hall–Kier alpha value is -2.59. The first-order valence-corrected chi connectivity index (χ1v) is 7.59. The highest BCUT2D eigenvalue weighted by molar-refractivity contribution is 6.37. The van der Waals surface area contributed by atoms with Crippen LogP contribution < -0.4 is 5.32 Å². The molecule has 0 unspecified atom stereocenters. The van der Waals surface area contributed by atoms with Crippen molar-refractivity contribution in [2.75, 3.05) is 5.32 Å². The minimum atomic E-state index is -0.193. The molecule has 0 radical (unpaired) electrons. The second-order valence-corrected chi connectivity index (χ2v) is 5.94. The minimum Gasteiger partial charge on any atom is -0.487 e. The third kappa shape index (κ3) is 2.23. The van der Waals surface area contributed by atoms with Gasteiger partial charge in [0.25, 0.3) is 5.91 Å². The lowest BCUT2D eigenvalue weighted by Crippen LogP contribution is -2.05. The number of rotatable bonds is 2. The number of nitrogens with one attached hydrogen (secondary N) is 1. The summed E-state index contributed by atoms with van der Waals surface area (Å²) < 4.78 is 5.79. The van der Waals surface area contributed by atoms with Crippen LogP contribution in [0, 0.1) is 0 Å². The number of anilines is 1. The number of ether oxygens (including phenoxy) is 1. The monoisotopic (exact) mass is 325 g/mol. The predicted molar refractivity (Wildman–Crippen MR) is 87.9 cm³/mol. The third-order valence-corrected chi connectivity index (χ3v) is 4.29. The summed E-state index contributed by atoms with van der Waals surface area (Å²) in [6.07, 6.45) is 1.25. The van der Waals surface area contributed by atoms with Gasteiger partial charge in [-0.3, -0.25) is 4.79 Å². The molecular formula is C18H12ClNO3. The molecular weight excluding hydrogens is 314 g/mol. The van der Waals surface area contributed by atoms with E-state index in [1.54, 1.807) is 18.2 Å². The zero-order valence-electron chi connectivity index (χ0n) is 12.1. The van der Waals surface area contributed by atoms with Crippen molar-refractivity contribution in [3.05, 3.63) is 63.7 Å². The molecule has 2 aromatic rings. The molecule has 23 heavy (non-hydrogen) atoms. The summed E-state index contributed by atoms with van der Waals surface area (Å²) in [6, 6.07) is 11.0. The zero-order valence-corrected chi connectivity index (χ0v) is 12.8. The van der Waals surface area contributed by atoms with Crippen molar-refractivity contribution in [2.45, 2.75) is 13.0 Å². The average molecular weight is 326 g/mol. The summed E-state index contributed by atoms with van der Waals surface area (Å²) in [6.45, 7) is 0.393. The fourth-order valence-electron chi connectivity index (χ4n) is 3.01. The van der Waals surface area contributed by atoms with Gasteiger partial charge in [0.15, 0.2) is 0 Å². The Balaban J connectivity index is 1.87. The third-order valence-electron chi connectivity index (χ3n) is 4.06. The van der Waals surface area contributed by atoms with Crippen molar-refractivity contribution >= 4 is 40.8 Å². The quantitative estimate of drug-likeness (QED) is 0.680. The van der Waals surface area contributed by atoms with Crippen LogP contribution in [0.15, 0.2) is 36.4 Å². The number of carbonyl (C=O) groups is 2. The Bertz CT molecular complexity index is 886. The van der Waals surface area contributed by atoms with Gasteiger partial charge in [-0.2, -0.15) is 0 Å². The lowest BCUT2D eigenvalue weighted by atomic mass is 9.98. The Labute approximate surface area is 137 Å². The van der Waals surface area contributed by atoms with Gasteiger partial charge in [0.05, 0.1) is 5.57 Å². The molecule has 0 atom stereocenters. The molecule has 1 amide bonds. The van der Waals surface area contributed by atoms with Crippen LogP contribution in [-0.4, -0.2) is 12.2 Å². The molecule has 0 fully saturated rings. The van der Waals surface area contributed by atoms with Gasteiger partial charge in [0, 0.05) is 33.8 Å². The highest BCUT2D eigenvalue weighted by Gasteiger charge is 2.32. The Morgan fingerprint density at radius 1 is 1.17 bits per heavy atom. The Morgan fingerprint density at radius 2 is 2.04 bits per heavy atom. The molecule has 0 saturated heterocycles. The van der Waals surface area contributed by atoms with E-state index < -0.39 is 0 Å². The number of halogens is 1. The fraction of sp³-hybridized carbons (Fsp3) is 0.111. The summed E-state index contributed by atoms with van der Waals surface area (Å²) in [5.74, 6) is 0.373. The molecule has 0 bridgehead atoms. The molecule has 2 heterocycles. The van der Waals surface area contributed by atoms with Crippen LogP contribution in [0.1, 0.15) is 22.3 Å². The SMILES string of the molecule is O=CCc1ccc2c(c1)CO/C2=C1/C(=O)Nc2ccc(Cl)cc21. The number of amides is 1. The number of hydrogen-bond donors (Lipinski definition) is 1. The molecule has 5 heteroatoms. The van der Waals surface area contributed by atoms with Crippen LogP contribution in [0.2, 0.25) is 5.02 Å². The van der Waals surface area contributed by atoms with Gasteiger partial charge in [0.2, 0.25) is 0 Å². The number of aldehydes is 1. The number of hydrogen-bond acceptors (Lipinski definition) is 3. The maximum Gasteiger partial charge on any atom is 0.260 e. The van der Waals surface area contributed by atoms with Crippen molar-refractivity contribution in [3.63, 3.8) is 0 Å². The van der Waals surface area contributed by atoms with E-state index in [0.29, 0.717) is 29.4 Å². The van der Waals surface area contributed by atoms with Crippen LogP contribution in [0.25, 0.3) is 11.3 Å². The van der Waals surface area contributed by atoms with Crippen LogP contribution in [0.5, 0.6) is 0 Å². The normalized spacial score (nSPS) is 18.2. The van der Waals surface area contributed by atoms with Gasteiger partial charge in [-0.15, -0.1) is 0 Å². The lowest BCUT2D eigenvalue weighted by molar-refractivity contribution is -0.111. The van der Waals surface area contributed by atoms with Gasteiger partial charge in [0.1, 0.15) is 18.7 Å². The molecule has 2 aliphatic heterocycles. The van der Waals surface area contributed by atoms with Crippen LogP contribution >= 0.6 is 11.6 Å². The molecule has 0 aromatic heterocycles. The van der Waals surface area contributed by atoms with Crippen molar-refractivity contribution in [1.82, 2.24) is 0 Å². The highest BCUT2D eigenvalue weighted by atomic mass is 35.5. The van der Waals surface area contributed by atoms with Crippen molar-refractivity contribution in [2.24, 2.45) is 0 Å². The van der Waals surface area contributed by atoms with E-state index in [9.17, 15) is 9.59 Å². The first-order valence-electron chi connectivity index (χ1n) is 7.21. The van der Waals surface area contributed by atoms with Gasteiger partial charge < -0.3 is 14.8 Å². The molecule has 1 N–H and O–H groups in total. The molecule has 0 spiro atoms. The van der Waals surface area contributed by atoms with Gasteiger partial charge >= 0.3 is 0 Å². The summed E-state index contributed by atoms with van der Waals surface area (Å²) in [4.78, 5) is 23.0. The summed E-state index contributed by atoms with van der Waals surface area (Å²) >= 11 is 6.06. The molecule has 0 saturated carbocycles. The Kier molecular flexibility index (Phi) is 3.20. The maximum atomic E-state index is 12.4. The number of carbonyl (C=O) groups excluding carboxylic acids is 2. The highest BCUT2D eigenvalue weighted by Crippen LogP contribution is 2.42. The van der Waals surface area contributed by atoms with Gasteiger partial charge in [-0.25, -0.2) is 0 Å². The summed E-state index contributed by atoms with van der Waals surface area (Å²) in [5, 5.41) is 3.40. The Morgan fingerprint density at radius 3 is 2.87 bits per heavy atom. The van der Waals surface area contributed by atoms with Gasteiger partial charge in [-0.05, 0) is 23.8 Å². The summed E-state index contributed by atoms with van der Waals surface area (Å²) in [7, 11) is 0. The first kappa shape index (κ1) is 14.0. The zero-order chi connectivity index (χ0) is 16.0. The van der Waals surface area contributed by atoms with Crippen LogP contribution in [-0.2, 0) is 27.4 Å². The lowest BCUT2D eigenvalue weighted by Gasteiger charge is -2.05. The van der Waals surface area contributed by atoms with Crippen molar-refractivity contribution in [1.29, 1.82) is 0 Å². The van der Waals surface area contributed by atoms with E-state index >= 15 is 0 Å². The first-order chi connectivity index (χ1) is 11.2. The standard InChI is InChI=1S/C18H12ClNO3/c19-12-2-4-15-14(8-12)16(18(22)20-15)17-13-3-1-10(5-6-21)7-11(13)9-23-17/h1-4,6-8H,5,9H2,(H,20,22)/b17-16+. The number of fused-ring (bicyclic) bond motifs is 2. The molecule has 4 rings (SSSR count). The topological polar surface area (TPSA) is 55.4 Å². The van der Waals surface area contributed by atoms with Gasteiger partial charge in [-0.1, -0.05) is 29.8 Å². The molecule has 114 valence electrons. The smallest absolute Gasteiger partial charge is 0.260 e. The van der Waals surface area contributed by atoms with E-state index in [0.717, 1.165) is 34.2 Å².